The van der Waals surface area contributed by atoms with Crippen LogP contribution in [0.5, 0.6) is 0 Å². The molecule has 3 rings (SSSR count). The molecular weight excluding hydrogens is 354 g/mol. The van der Waals surface area contributed by atoms with Gasteiger partial charge in [-0.3, -0.25) is 9.67 Å². The van der Waals surface area contributed by atoms with Crippen molar-refractivity contribution in [1.29, 1.82) is 0 Å². The zero-order valence-corrected chi connectivity index (χ0v) is 15.1. The Balaban J connectivity index is 1.56. The predicted molar refractivity (Wildman–Crippen MR) is 96.5 cm³/mol. The number of halogens is 1. The second-order valence-corrected chi connectivity index (χ2v) is 7.01. The molecule has 6 heteroatoms. The van der Waals surface area contributed by atoms with Gasteiger partial charge in [-0.25, -0.2) is 0 Å². The highest BCUT2D eigenvalue weighted by molar-refractivity contribution is 9.10. The lowest BCUT2D eigenvalue weighted by Crippen LogP contribution is -2.40. The standard InChI is InChI=1S/C17H22BrN5/c1-19-16(20-9-13-10-22-23(2)11-13)21-12-17(6-7-17)14-4-3-5-15(18)8-14/h3-5,8,10-11H,6-7,9,12H2,1-2H3,(H2,19,20,21). The molecule has 0 saturated heterocycles. The molecule has 2 N–H and O–H groups in total. The van der Waals surface area contributed by atoms with Crippen molar-refractivity contribution in [3.8, 4) is 0 Å². The van der Waals surface area contributed by atoms with Crippen molar-refractivity contribution in [1.82, 2.24) is 20.4 Å². The summed E-state index contributed by atoms with van der Waals surface area (Å²) >= 11 is 3.56. The van der Waals surface area contributed by atoms with Crippen molar-refractivity contribution >= 4 is 21.9 Å². The van der Waals surface area contributed by atoms with Gasteiger partial charge in [-0.05, 0) is 30.5 Å². The number of nitrogens with zero attached hydrogens (tertiary/aromatic N) is 3. The molecule has 23 heavy (non-hydrogen) atoms. The van der Waals surface area contributed by atoms with Crippen molar-refractivity contribution < 1.29 is 0 Å². The van der Waals surface area contributed by atoms with Gasteiger partial charge in [0, 0.05) is 48.8 Å². The van der Waals surface area contributed by atoms with E-state index in [1.165, 1.54) is 18.4 Å². The van der Waals surface area contributed by atoms with Gasteiger partial charge < -0.3 is 10.6 Å². The first-order chi connectivity index (χ1) is 11.1. The van der Waals surface area contributed by atoms with Crippen molar-refractivity contribution in [2.75, 3.05) is 13.6 Å². The summed E-state index contributed by atoms with van der Waals surface area (Å²) in [5.41, 5.74) is 2.78. The van der Waals surface area contributed by atoms with Gasteiger partial charge in [-0.15, -0.1) is 0 Å². The minimum atomic E-state index is 0.246. The van der Waals surface area contributed by atoms with E-state index in [-0.39, 0.29) is 5.41 Å². The maximum Gasteiger partial charge on any atom is 0.191 e. The van der Waals surface area contributed by atoms with Gasteiger partial charge in [0.15, 0.2) is 5.96 Å². The molecule has 1 heterocycles. The normalized spacial score (nSPS) is 16.2. The quantitative estimate of drug-likeness (QED) is 0.623. The van der Waals surface area contributed by atoms with Crippen LogP contribution in [-0.2, 0) is 19.0 Å². The summed E-state index contributed by atoms with van der Waals surface area (Å²) in [6.45, 7) is 1.62. The molecule has 1 saturated carbocycles. The Labute approximate surface area is 145 Å². The lowest BCUT2D eigenvalue weighted by Gasteiger charge is -2.19. The van der Waals surface area contributed by atoms with Crippen molar-refractivity contribution in [3.05, 3.63) is 52.3 Å². The number of hydrogen-bond donors (Lipinski definition) is 2. The van der Waals surface area contributed by atoms with Crippen LogP contribution in [0, 0.1) is 0 Å². The van der Waals surface area contributed by atoms with Crippen LogP contribution in [0.1, 0.15) is 24.0 Å². The molecule has 1 fully saturated rings. The smallest absolute Gasteiger partial charge is 0.191 e. The number of guanidine groups is 1. The second-order valence-electron chi connectivity index (χ2n) is 6.09. The van der Waals surface area contributed by atoms with Crippen LogP contribution in [0.15, 0.2) is 46.1 Å². The van der Waals surface area contributed by atoms with E-state index in [0.29, 0.717) is 0 Å². The first kappa shape index (κ1) is 16.1. The Bertz CT molecular complexity index is 703. The average molecular weight is 376 g/mol. The first-order valence-electron chi connectivity index (χ1n) is 7.79. The largest absolute Gasteiger partial charge is 0.356 e. The summed E-state index contributed by atoms with van der Waals surface area (Å²) in [6.07, 6.45) is 6.31. The maximum absolute atomic E-state index is 4.31. The molecule has 2 aromatic rings. The molecule has 0 atom stereocenters. The third-order valence-corrected chi connectivity index (χ3v) is 4.82. The highest BCUT2D eigenvalue weighted by Gasteiger charge is 2.44. The van der Waals surface area contributed by atoms with E-state index in [0.717, 1.165) is 29.1 Å². The lowest BCUT2D eigenvalue weighted by atomic mass is 9.96. The zero-order valence-electron chi connectivity index (χ0n) is 13.5. The van der Waals surface area contributed by atoms with Crippen molar-refractivity contribution in [2.45, 2.75) is 24.8 Å². The topological polar surface area (TPSA) is 54.2 Å². The van der Waals surface area contributed by atoms with Gasteiger partial charge in [0.1, 0.15) is 0 Å². The maximum atomic E-state index is 4.31. The number of hydrogen-bond acceptors (Lipinski definition) is 2. The van der Waals surface area contributed by atoms with Crippen LogP contribution >= 0.6 is 15.9 Å². The van der Waals surface area contributed by atoms with E-state index in [4.69, 9.17) is 0 Å². The number of aliphatic imine (C=N–C) groups is 1. The fourth-order valence-corrected chi connectivity index (χ4v) is 3.16. The Kier molecular flexibility index (Phi) is 4.71. The number of aromatic nitrogens is 2. The SMILES string of the molecule is CN=C(NCc1cnn(C)c1)NCC1(c2cccc(Br)c2)CC1. The number of benzene rings is 1. The molecule has 5 nitrogen and oxygen atoms in total. The van der Waals surface area contributed by atoms with Crippen LogP contribution in [0.25, 0.3) is 0 Å². The monoisotopic (exact) mass is 375 g/mol. The lowest BCUT2D eigenvalue weighted by molar-refractivity contribution is 0.645. The highest BCUT2D eigenvalue weighted by Crippen LogP contribution is 2.48. The third kappa shape index (κ3) is 3.93. The van der Waals surface area contributed by atoms with Gasteiger partial charge in [-0.2, -0.15) is 5.10 Å². The molecule has 0 radical (unpaired) electrons. The number of rotatable bonds is 5. The van der Waals surface area contributed by atoms with Crippen molar-refractivity contribution in [3.63, 3.8) is 0 Å². The van der Waals surface area contributed by atoms with E-state index in [1.807, 2.05) is 19.4 Å². The van der Waals surface area contributed by atoms with Crippen LogP contribution in [-0.4, -0.2) is 29.3 Å². The molecule has 1 aromatic heterocycles. The summed E-state index contributed by atoms with van der Waals surface area (Å²) in [5, 5.41) is 11.0. The Hall–Kier alpha value is -1.82. The van der Waals surface area contributed by atoms with E-state index in [2.05, 4.69) is 60.9 Å². The van der Waals surface area contributed by atoms with Crippen LogP contribution in [0.4, 0.5) is 0 Å². The molecule has 0 amide bonds. The Morgan fingerprint density at radius 3 is 2.83 bits per heavy atom. The van der Waals surface area contributed by atoms with Gasteiger partial charge in [0.25, 0.3) is 0 Å². The molecule has 0 aliphatic heterocycles. The van der Waals surface area contributed by atoms with E-state index in [9.17, 15) is 0 Å². The molecule has 0 spiro atoms. The molecule has 1 aliphatic rings. The van der Waals surface area contributed by atoms with Gasteiger partial charge in [-0.1, -0.05) is 28.1 Å². The highest BCUT2D eigenvalue weighted by atomic mass is 79.9. The van der Waals surface area contributed by atoms with Gasteiger partial charge >= 0.3 is 0 Å². The van der Waals surface area contributed by atoms with Crippen LogP contribution in [0.3, 0.4) is 0 Å². The molecule has 0 bridgehead atoms. The Morgan fingerprint density at radius 2 is 2.22 bits per heavy atom. The van der Waals surface area contributed by atoms with E-state index < -0.39 is 0 Å². The number of aryl methyl sites for hydroxylation is 1. The van der Waals surface area contributed by atoms with Gasteiger partial charge in [0.2, 0.25) is 0 Å². The van der Waals surface area contributed by atoms with Crippen molar-refractivity contribution in [2.24, 2.45) is 12.0 Å². The van der Waals surface area contributed by atoms with E-state index >= 15 is 0 Å². The Morgan fingerprint density at radius 1 is 1.39 bits per heavy atom. The molecule has 122 valence electrons. The average Bonchev–Trinajstić information content (AvgIpc) is 3.23. The minimum Gasteiger partial charge on any atom is -0.356 e. The summed E-state index contributed by atoms with van der Waals surface area (Å²) < 4.78 is 2.94. The van der Waals surface area contributed by atoms with Gasteiger partial charge in [0.05, 0.1) is 6.20 Å². The molecular formula is C17H22BrN5. The first-order valence-corrected chi connectivity index (χ1v) is 8.59. The fraction of sp³-hybridized carbons (Fsp3) is 0.412. The molecule has 0 unspecified atom stereocenters. The van der Waals surface area contributed by atoms with Crippen LogP contribution in [0.2, 0.25) is 0 Å². The fourth-order valence-electron chi connectivity index (χ4n) is 2.76. The summed E-state index contributed by atoms with van der Waals surface area (Å²) in [4.78, 5) is 4.31. The minimum absolute atomic E-state index is 0.246. The predicted octanol–water partition coefficient (Wildman–Crippen LogP) is 2.58. The van der Waals surface area contributed by atoms with Crippen LogP contribution < -0.4 is 10.6 Å². The zero-order chi connectivity index (χ0) is 16.3. The van der Waals surface area contributed by atoms with E-state index in [1.54, 1.807) is 11.7 Å². The molecule has 1 aromatic carbocycles. The molecule has 1 aliphatic carbocycles. The summed E-state index contributed by atoms with van der Waals surface area (Å²) in [7, 11) is 3.72. The summed E-state index contributed by atoms with van der Waals surface area (Å²) in [5.74, 6) is 0.829. The summed E-state index contributed by atoms with van der Waals surface area (Å²) in [6, 6.07) is 8.61. The third-order valence-electron chi connectivity index (χ3n) is 4.33. The number of nitrogens with one attached hydrogen (secondary N) is 2. The second kappa shape index (κ2) is 6.74.